The van der Waals surface area contributed by atoms with E-state index in [1.54, 1.807) is 0 Å². The molecule has 0 saturated heterocycles. The second-order valence-corrected chi connectivity index (χ2v) is 4.35. The lowest BCUT2D eigenvalue weighted by molar-refractivity contribution is 0.229. The van der Waals surface area contributed by atoms with Crippen molar-refractivity contribution >= 4 is 26.7 Å². The molecule has 0 fully saturated rings. The minimum atomic E-state index is -0.589. The van der Waals surface area contributed by atoms with Gasteiger partial charge in [0.1, 0.15) is 0 Å². The van der Waals surface area contributed by atoms with Crippen LogP contribution in [0, 0.1) is 0 Å². The van der Waals surface area contributed by atoms with Crippen LogP contribution >= 0.6 is 15.9 Å². The second-order valence-electron chi connectivity index (χ2n) is 3.43. The fourth-order valence-corrected chi connectivity index (χ4v) is 1.93. The number of aliphatic hydroxyl groups excluding tert-OH is 1. The van der Waals surface area contributed by atoms with Gasteiger partial charge in [-0.15, -0.1) is 6.58 Å². The largest absolute Gasteiger partial charge is 0.384 e. The highest BCUT2D eigenvalue weighted by Gasteiger charge is 2.03. The molecule has 1 nitrogen and oxygen atoms in total. The molecule has 2 rings (SSSR count). The van der Waals surface area contributed by atoms with Gasteiger partial charge in [0.2, 0.25) is 0 Å². The Hall–Kier alpha value is -1.12. The summed E-state index contributed by atoms with van der Waals surface area (Å²) in [5, 5.41) is 11.9. The molecule has 1 N–H and O–H groups in total. The maximum Gasteiger partial charge on any atom is 0.0969 e. The van der Waals surface area contributed by atoms with E-state index in [2.05, 4.69) is 22.5 Å². The number of hydrogen-bond acceptors (Lipinski definition) is 1. The Labute approximate surface area is 97.2 Å². The van der Waals surface area contributed by atoms with Crippen LogP contribution < -0.4 is 0 Å². The lowest BCUT2D eigenvalue weighted by atomic mass is 10.0. The number of rotatable bonds is 2. The minimum Gasteiger partial charge on any atom is -0.384 e. The van der Waals surface area contributed by atoms with Crippen molar-refractivity contribution in [2.24, 2.45) is 0 Å². The van der Waals surface area contributed by atoms with Crippen LogP contribution in [0.5, 0.6) is 0 Å². The van der Waals surface area contributed by atoms with Crippen LogP contribution in [0.15, 0.2) is 53.5 Å². The Balaban J connectivity index is 2.58. The van der Waals surface area contributed by atoms with Crippen molar-refractivity contribution in [2.75, 3.05) is 0 Å². The Bertz CT molecular complexity index is 505. The highest BCUT2D eigenvalue weighted by Crippen LogP contribution is 2.23. The van der Waals surface area contributed by atoms with Crippen LogP contribution in [-0.4, -0.2) is 5.11 Å². The molecule has 0 heterocycles. The third kappa shape index (κ3) is 2.11. The molecule has 2 heteroatoms. The Morgan fingerprint density at radius 3 is 2.60 bits per heavy atom. The topological polar surface area (TPSA) is 20.2 Å². The molecule has 0 aromatic heterocycles. The fourth-order valence-electron chi connectivity index (χ4n) is 1.56. The van der Waals surface area contributed by atoms with Crippen molar-refractivity contribution < 1.29 is 5.11 Å². The normalized spacial score (nSPS) is 12.7. The van der Waals surface area contributed by atoms with Gasteiger partial charge in [-0.25, -0.2) is 0 Å². The average Bonchev–Trinajstić information content (AvgIpc) is 2.27. The van der Waals surface area contributed by atoms with Crippen LogP contribution in [0.4, 0.5) is 0 Å². The first kappa shape index (κ1) is 10.4. The van der Waals surface area contributed by atoms with Crippen LogP contribution in [0.25, 0.3) is 10.8 Å². The van der Waals surface area contributed by atoms with Crippen molar-refractivity contribution in [3.05, 3.63) is 59.1 Å². The first-order valence-corrected chi connectivity index (χ1v) is 5.50. The number of fused-ring (bicyclic) bond motifs is 1. The SMILES string of the molecule is C=CC(O)c1ccc2ccc(Br)cc2c1. The second kappa shape index (κ2) is 4.17. The van der Waals surface area contributed by atoms with Gasteiger partial charge in [-0.1, -0.05) is 40.2 Å². The van der Waals surface area contributed by atoms with E-state index in [1.807, 2.05) is 36.4 Å². The van der Waals surface area contributed by atoms with Crippen molar-refractivity contribution in [3.8, 4) is 0 Å². The summed E-state index contributed by atoms with van der Waals surface area (Å²) in [6, 6.07) is 12.0. The van der Waals surface area contributed by atoms with Crippen LogP contribution in [0.1, 0.15) is 11.7 Å². The quantitative estimate of drug-likeness (QED) is 0.816. The average molecular weight is 263 g/mol. The highest BCUT2D eigenvalue weighted by atomic mass is 79.9. The summed E-state index contributed by atoms with van der Waals surface area (Å²) >= 11 is 3.43. The van der Waals surface area contributed by atoms with E-state index in [1.165, 1.54) is 11.5 Å². The van der Waals surface area contributed by atoms with Gasteiger partial charge in [0, 0.05) is 4.47 Å². The van der Waals surface area contributed by atoms with Gasteiger partial charge in [0.15, 0.2) is 0 Å². The Morgan fingerprint density at radius 1 is 1.13 bits per heavy atom. The molecule has 1 atom stereocenters. The van der Waals surface area contributed by atoms with E-state index in [0.717, 1.165) is 15.4 Å². The Morgan fingerprint density at radius 2 is 1.87 bits per heavy atom. The zero-order chi connectivity index (χ0) is 10.8. The Kier molecular flexibility index (Phi) is 2.89. The van der Waals surface area contributed by atoms with Gasteiger partial charge in [-0.05, 0) is 34.5 Å². The fraction of sp³-hybridized carbons (Fsp3) is 0.0769. The molecule has 0 aliphatic heterocycles. The van der Waals surface area contributed by atoms with E-state index >= 15 is 0 Å². The van der Waals surface area contributed by atoms with Gasteiger partial charge in [-0.2, -0.15) is 0 Å². The van der Waals surface area contributed by atoms with Crippen molar-refractivity contribution in [3.63, 3.8) is 0 Å². The predicted molar refractivity (Wildman–Crippen MR) is 66.8 cm³/mol. The van der Waals surface area contributed by atoms with E-state index in [0.29, 0.717) is 0 Å². The zero-order valence-electron chi connectivity index (χ0n) is 8.15. The van der Waals surface area contributed by atoms with Crippen LogP contribution in [-0.2, 0) is 0 Å². The van der Waals surface area contributed by atoms with Crippen LogP contribution in [0.2, 0.25) is 0 Å². The summed E-state index contributed by atoms with van der Waals surface area (Å²) in [5.41, 5.74) is 0.871. The first-order valence-electron chi connectivity index (χ1n) is 4.70. The lowest BCUT2D eigenvalue weighted by Crippen LogP contribution is -1.91. The number of hydrogen-bond donors (Lipinski definition) is 1. The molecule has 15 heavy (non-hydrogen) atoms. The first-order chi connectivity index (χ1) is 7.20. The summed E-state index contributed by atoms with van der Waals surface area (Å²) < 4.78 is 1.04. The van der Waals surface area contributed by atoms with E-state index in [-0.39, 0.29) is 0 Å². The predicted octanol–water partition coefficient (Wildman–Crippen LogP) is 3.82. The molecule has 0 saturated carbocycles. The van der Waals surface area contributed by atoms with Gasteiger partial charge in [0.25, 0.3) is 0 Å². The molecule has 0 aliphatic rings. The van der Waals surface area contributed by atoms with Gasteiger partial charge in [-0.3, -0.25) is 0 Å². The highest BCUT2D eigenvalue weighted by molar-refractivity contribution is 9.10. The van der Waals surface area contributed by atoms with Crippen molar-refractivity contribution in [2.45, 2.75) is 6.10 Å². The third-order valence-electron chi connectivity index (χ3n) is 2.39. The number of benzene rings is 2. The molecule has 0 amide bonds. The monoisotopic (exact) mass is 262 g/mol. The molecular formula is C13H11BrO. The summed E-state index contributed by atoms with van der Waals surface area (Å²) in [4.78, 5) is 0. The van der Waals surface area contributed by atoms with E-state index in [4.69, 9.17) is 0 Å². The number of aliphatic hydroxyl groups is 1. The lowest BCUT2D eigenvalue weighted by Gasteiger charge is -2.07. The molecule has 0 radical (unpaired) electrons. The van der Waals surface area contributed by atoms with Gasteiger partial charge < -0.3 is 5.11 Å². The van der Waals surface area contributed by atoms with Gasteiger partial charge in [0.05, 0.1) is 6.10 Å². The van der Waals surface area contributed by atoms with Gasteiger partial charge >= 0.3 is 0 Å². The maximum absolute atomic E-state index is 9.63. The molecule has 0 spiro atoms. The summed E-state index contributed by atoms with van der Waals surface area (Å²) in [6.07, 6.45) is 0.937. The van der Waals surface area contributed by atoms with E-state index in [9.17, 15) is 5.11 Å². The number of halogens is 1. The maximum atomic E-state index is 9.63. The molecule has 0 bridgehead atoms. The van der Waals surface area contributed by atoms with E-state index < -0.39 is 6.10 Å². The third-order valence-corrected chi connectivity index (χ3v) is 2.88. The van der Waals surface area contributed by atoms with Crippen molar-refractivity contribution in [1.82, 2.24) is 0 Å². The standard InChI is InChI=1S/C13H11BrO/c1-2-13(15)10-4-3-9-5-6-12(14)8-11(9)7-10/h2-8,13,15H,1H2. The van der Waals surface area contributed by atoms with Crippen molar-refractivity contribution in [1.29, 1.82) is 0 Å². The zero-order valence-corrected chi connectivity index (χ0v) is 9.74. The molecule has 76 valence electrons. The molecule has 2 aromatic carbocycles. The molecule has 0 aliphatic carbocycles. The molecule has 2 aromatic rings. The molecule has 1 unspecified atom stereocenters. The minimum absolute atomic E-state index is 0.589. The summed E-state index contributed by atoms with van der Waals surface area (Å²) in [6.45, 7) is 3.58. The summed E-state index contributed by atoms with van der Waals surface area (Å²) in [7, 11) is 0. The van der Waals surface area contributed by atoms with Crippen LogP contribution in [0.3, 0.4) is 0 Å². The molecular weight excluding hydrogens is 252 g/mol. The summed E-state index contributed by atoms with van der Waals surface area (Å²) in [5.74, 6) is 0. The smallest absolute Gasteiger partial charge is 0.0969 e.